The lowest BCUT2D eigenvalue weighted by atomic mass is 10.2. The number of benzene rings is 2. The number of hydrogen-bond donors (Lipinski definition) is 2. The molecule has 0 unspecified atom stereocenters. The van der Waals surface area contributed by atoms with Gasteiger partial charge in [-0.3, -0.25) is 4.79 Å². The van der Waals surface area contributed by atoms with Crippen molar-refractivity contribution in [3.63, 3.8) is 0 Å². The van der Waals surface area contributed by atoms with E-state index in [4.69, 9.17) is 9.47 Å². The number of nitrogens with zero attached hydrogens (tertiary/aromatic N) is 1. The van der Waals surface area contributed by atoms with Crippen molar-refractivity contribution >= 4 is 12.1 Å². The number of carbonyl (C=O) groups excluding carboxylic acids is 1. The Bertz CT molecular complexity index is 684. The summed E-state index contributed by atoms with van der Waals surface area (Å²) in [6.07, 6.45) is 1.31. The Morgan fingerprint density at radius 3 is 2.55 bits per heavy atom. The van der Waals surface area contributed by atoms with Crippen molar-refractivity contribution in [1.82, 2.24) is 5.43 Å². The number of ether oxygens (including phenoxy) is 2. The number of aromatic hydroxyl groups is 1. The molecule has 0 saturated heterocycles. The van der Waals surface area contributed by atoms with Gasteiger partial charge in [0.15, 0.2) is 0 Å². The lowest BCUT2D eigenvalue weighted by Gasteiger charge is -2.09. The fourth-order valence-corrected chi connectivity index (χ4v) is 1.81. The summed E-state index contributed by atoms with van der Waals surface area (Å²) in [7, 11) is 2.95. The van der Waals surface area contributed by atoms with Crippen LogP contribution in [0.5, 0.6) is 17.2 Å². The number of phenols is 1. The van der Waals surface area contributed by atoms with Gasteiger partial charge in [0.2, 0.25) is 0 Å². The molecule has 2 aromatic carbocycles. The molecule has 6 nitrogen and oxygen atoms in total. The van der Waals surface area contributed by atoms with E-state index in [-0.39, 0.29) is 11.7 Å². The number of amides is 1. The largest absolute Gasteiger partial charge is 0.507 e. The fourth-order valence-electron chi connectivity index (χ4n) is 1.81. The highest BCUT2D eigenvalue weighted by Crippen LogP contribution is 2.31. The minimum atomic E-state index is -0.344. The molecule has 0 fully saturated rings. The number of carbonyl (C=O) groups is 1. The molecule has 2 N–H and O–H groups in total. The monoisotopic (exact) mass is 300 g/mol. The highest BCUT2D eigenvalue weighted by molar-refractivity contribution is 5.95. The zero-order valence-corrected chi connectivity index (χ0v) is 12.2. The molecule has 0 bridgehead atoms. The van der Waals surface area contributed by atoms with E-state index in [0.29, 0.717) is 22.6 Å². The van der Waals surface area contributed by atoms with E-state index < -0.39 is 0 Å². The Kier molecular flexibility index (Phi) is 4.98. The van der Waals surface area contributed by atoms with Crippen molar-refractivity contribution in [3.05, 3.63) is 53.6 Å². The molecule has 0 saturated carbocycles. The average Bonchev–Trinajstić information content (AvgIpc) is 2.56. The first-order chi connectivity index (χ1) is 10.7. The van der Waals surface area contributed by atoms with Crippen molar-refractivity contribution in [2.75, 3.05) is 14.2 Å². The second-order valence-corrected chi connectivity index (χ2v) is 4.33. The number of methoxy groups -OCH3 is 2. The summed E-state index contributed by atoms with van der Waals surface area (Å²) < 4.78 is 10.2. The molecule has 0 radical (unpaired) electrons. The molecule has 6 heteroatoms. The van der Waals surface area contributed by atoms with Crippen LogP contribution in [-0.4, -0.2) is 31.4 Å². The van der Waals surface area contributed by atoms with Crippen LogP contribution in [0.2, 0.25) is 0 Å². The van der Waals surface area contributed by atoms with Crippen LogP contribution >= 0.6 is 0 Å². The first-order valence-electron chi connectivity index (χ1n) is 6.49. The summed E-state index contributed by atoms with van der Waals surface area (Å²) in [6, 6.07) is 11.7. The first-order valence-corrected chi connectivity index (χ1v) is 6.49. The topological polar surface area (TPSA) is 80.2 Å². The van der Waals surface area contributed by atoms with Gasteiger partial charge in [0.1, 0.15) is 17.2 Å². The van der Waals surface area contributed by atoms with E-state index in [1.165, 1.54) is 26.5 Å². The van der Waals surface area contributed by atoms with Crippen LogP contribution < -0.4 is 14.9 Å². The molecule has 2 aromatic rings. The number of hydrogen-bond acceptors (Lipinski definition) is 5. The standard InChI is InChI=1S/C16H16N2O4/c1-21-12-8-14(19)13(15(9-12)22-2)10-17-18-16(20)11-6-4-3-5-7-11/h3-10,19H,1-2H3,(H,18,20)/b17-10-. The smallest absolute Gasteiger partial charge is 0.271 e. The molecule has 114 valence electrons. The second-order valence-electron chi connectivity index (χ2n) is 4.33. The predicted octanol–water partition coefficient (Wildman–Crippen LogP) is 2.17. The predicted molar refractivity (Wildman–Crippen MR) is 82.7 cm³/mol. The molecule has 2 rings (SSSR count). The number of hydrazone groups is 1. The third kappa shape index (κ3) is 3.54. The minimum Gasteiger partial charge on any atom is -0.507 e. The normalized spacial score (nSPS) is 10.5. The van der Waals surface area contributed by atoms with Crippen LogP contribution in [0.1, 0.15) is 15.9 Å². The SMILES string of the molecule is COc1cc(O)c(/C=N\NC(=O)c2ccccc2)c(OC)c1. The van der Waals surface area contributed by atoms with E-state index >= 15 is 0 Å². The number of phenolic OH excluding ortho intramolecular Hbond substituents is 1. The Morgan fingerprint density at radius 1 is 1.18 bits per heavy atom. The third-order valence-corrected chi connectivity index (χ3v) is 2.95. The van der Waals surface area contributed by atoms with E-state index in [1.54, 1.807) is 30.3 Å². The minimum absolute atomic E-state index is 0.0612. The maximum absolute atomic E-state index is 11.8. The molecule has 0 aliphatic heterocycles. The average molecular weight is 300 g/mol. The number of nitrogens with one attached hydrogen (secondary N) is 1. The van der Waals surface area contributed by atoms with Crippen molar-refractivity contribution in [2.24, 2.45) is 5.10 Å². The number of rotatable bonds is 5. The van der Waals surface area contributed by atoms with Gasteiger partial charge in [0.25, 0.3) is 5.91 Å². The molecular weight excluding hydrogens is 284 g/mol. The van der Waals surface area contributed by atoms with E-state index in [9.17, 15) is 9.90 Å². The van der Waals surface area contributed by atoms with Crippen molar-refractivity contribution in [1.29, 1.82) is 0 Å². The zero-order chi connectivity index (χ0) is 15.9. The summed E-state index contributed by atoms with van der Waals surface area (Å²) in [6.45, 7) is 0. The van der Waals surface area contributed by atoms with E-state index in [2.05, 4.69) is 10.5 Å². The summed E-state index contributed by atoms with van der Waals surface area (Å²) in [4.78, 5) is 11.8. The van der Waals surface area contributed by atoms with Crippen molar-refractivity contribution in [2.45, 2.75) is 0 Å². The van der Waals surface area contributed by atoms with Gasteiger partial charge < -0.3 is 14.6 Å². The lowest BCUT2D eigenvalue weighted by Crippen LogP contribution is -2.17. The molecule has 0 aliphatic rings. The van der Waals surface area contributed by atoms with Crippen LogP contribution in [0, 0.1) is 0 Å². The molecule has 0 heterocycles. The van der Waals surface area contributed by atoms with Gasteiger partial charge >= 0.3 is 0 Å². The quantitative estimate of drug-likeness (QED) is 0.655. The first kappa shape index (κ1) is 15.4. The van der Waals surface area contributed by atoms with Crippen LogP contribution in [0.3, 0.4) is 0 Å². The Labute approximate surface area is 128 Å². The van der Waals surface area contributed by atoms with E-state index in [0.717, 1.165) is 0 Å². The van der Waals surface area contributed by atoms with Crippen LogP contribution in [0.4, 0.5) is 0 Å². The molecule has 22 heavy (non-hydrogen) atoms. The van der Waals surface area contributed by atoms with Gasteiger partial charge in [-0.15, -0.1) is 0 Å². The summed E-state index contributed by atoms with van der Waals surface area (Å²) >= 11 is 0. The van der Waals surface area contributed by atoms with Gasteiger partial charge in [-0.05, 0) is 12.1 Å². The lowest BCUT2D eigenvalue weighted by molar-refractivity contribution is 0.0955. The van der Waals surface area contributed by atoms with Gasteiger partial charge in [0.05, 0.1) is 26.0 Å². The van der Waals surface area contributed by atoms with Gasteiger partial charge in [-0.2, -0.15) is 5.10 Å². The molecule has 1 amide bonds. The molecule has 0 atom stereocenters. The van der Waals surface area contributed by atoms with Crippen LogP contribution in [0.15, 0.2) is 47.6 Å². The maximum atomic E-state index is 11.8. The van der Waals surface area contributed by atoms with E-state index in [1.807, 2.05) is 6.07 Å². The fraction of sp³-hybridized carbons (Fsp3) is 0.125. The van der Waals surface area contributed by atoms with Gasteiger partial charge in [0, 0.05) is 17.7 Å². The maximum Gasteiger partial charge on any atom is 0.271 e. The highest BCUT2D eigenvalue weighted by Gasteiger charge is 2.10. The summed E-state index contributed by atoms with van der Waals surface area (Å²) in [5.41, 5.74) is 3.22. The molecule has 0 spiro atoms. The Hall–Kier alpha value is -3.02. The van der Waals surface area contributed by atoms with Crippen LogP contribution in [0.25, 0.3) is 0 Å². The molecule has 0 aliphatic carbocycles. The van der Waals surface area contributed by atoms with Crippen LogP contribution in [-0.2, 0) is 0 Å². The summed E-state index contributed by atoms with van der Waals surface area (Å²) in [5.74, 6) is 0.437. The van der Waals surface area contributed by atoms with Crippen molar-refractivity contribution in [3.8, 4) is 17.2 Å². The van der Waals surface area contributed by atoms with Gasteiger partial charge in [-0.1, -0.05) is 18.2 Å². The highest BCUT2D eigenvalue weighted by atomic mass is 16.5. The Morgan fingerprint density at radius 2 is 1.91 bits per heavy atom. The summed E-state index contributed by atoms with van der Waals surface area (Å²) in [5, 5.41) is 13.8. The molecule has 0 aromatic heterocycles. The Balaban J connectivity index is 2.15. The van der Waals surface area contributed by atoms with Crippen molar-refractivity contribution < 1.29 is 19.4 Å². The second kappa shape index (κ2) is 7.12. The van der Waals surface area contributed by atoms with Gasteiger partial charge in [-0.25, -0.2) is 5.43 Å². The molecular formula is C16H16N2O4. The third-order valence-electron chi connectivity index (χ3n) is 2.95. The zero-order valence-electron chi connectivity index (χ0n) is 12.2.